The Labute approximate surface area is 162 Å². The largest absolute Gasteiger partial charge is 0.478 e. The average Bonchev–Trinajstić information content (AvgIpc) is 3.43. The van der Waals surface area contributed by atoms with Gasteiger partial charge in [-0.25, -0.2) is 4.79 Å². The third-order valence-corrected chi connectivity index (χ3v) is 5.15. The average molecular weight is 378 g/mol. The number of benzene rings is 1. The van der Waals surface area contributed by atoms with Crippen LogP contribution in [0.3, 0.4) is 0 Å². The number of carbonyl (C=O) groups is 2. The maximum Gasteiger partial charge on any atom is 0.339 e. The minimum atomic E-state index is -1.04. The third-order valence-electron chi connectivity index (χ3n) is 5.15. The van der Waals surface area contributed by atoms with E-state index in [1.165, 1.54) is 6.07 Å². The Balaban J connectivity index is 1.68. The molecule has 28 heavy (non-hydrogen) atoms. The number of hydrogen-bond acceptors (Lipinski definition) is 4. The van der Waals surface area contributed by atoms with Crippen molar-refractivity contribution in [3.63, 3.8) is 0 Å². The second-order valence-corrected chi connectivity index (χ2v) is 7.54. The molecule has 1 saturated carbocycles. The van der Waals surface area contributed by atoms with Gasteiger partial charge in [0.1, 0.15) is 17.1 Å². The monoisotopic (exact) mass is 378 g/mol. The summed E-state index contributed by atoms with van der Waals surface area (Å²) in [4.78, 5) is 30.7. The summed E-state index contributed by atoms with van der Waals surface area (Å²) in [7, 11) is 1.69. The molecule has 1 N–H and O–H groups in total. The third kappa shape index (κ3) is 3.38. The van der Waals surface area contributed by atoms with E-state index in [-0.39, 0.29) is 18.0 Å². The van der Waals surface area contributed by atoms with E-state index < -0.39 is 5.97 Å². The Hall–Kier alpha value is -3.15. The maximum absolute atomic E-state index is 13.2. The van der Waals surface area contributed by atoms with Crippen LogP contribution in [0.15, 0.2) is 34.7 Å². The van der Waals surface area contributed by atoms with E-state index in [9.17, 15) is 14.7 Å². The van der Waals surface area contributed by atoms with Crippen LogP contribution < -0.4 is 0 Å². The number of hydrogen-bond donors (Lipinski definition) is 1. The zero-order valence-corrected chi connectivity index (χ0v) is 16.2. The van der Waals surface area contributed by atoms with Gasteiger partial charge in [-0.3, -0.25) is 9.78 Å². The lowest BCUT2D eigenvalue weighted by Crippen LogP contribution is -2.26. The lowest BCUT2D eigenvalue weighted by atomic mass is 10.0. The number of furan rings is 1. The van der Waals surface area contributed by atoms with Gasteiger partial charge in [-0.2, -0.15) is 0 Å². The molecule has 0 radical (unpaired) electrons. The van der Waals surface area contributed by atoms with Crippen molar-refractivity contribution in [1.29, 1.82) is 0 Å². The quantitative estimate of drug-likeness (QED) is 0.716. The topological polar surface area (TPSA) is 83.6 Å². The van der Waals surface area contributed by atoms with Gasteiger partial charge >= 0.3 is 5.97 Å². The molecule has 2 aromatic heterocycles. The van der Waals surface area contributed by atoms with Crippen LogP contribution in [0.4, 0.5) is 0 Å². The zero-order valence-electron chi connectivity index (χ0n) is 16.2. The lowest BCUT2D eigenvalue weighted by Gasteiger charge is -2.18. The molecule has 0 aliphatic heterocycles. The van der Waals surface area contributed by atoms with Gasteiger partial charge in [-0.15, -0.1) is 0 Å². The number of fused-ring (bicyclic) bond motifs is 1. The smallest absolute Gasteiger partial charge is 0.339 e. The number of nitrogens with zero attached hydrogens (tertiary/aromatic N) is 2. The number of carboxylic acid groups (broad SMARTS) is 1. The summed E-state index contributed by atoms with van der Waals surface area (Å²) < 4.78 is 5.52. The van der Waals surface area contributed by atoms with E-state index in [0.717, 1.165) is 35.0 Å². The van der Waals surface area contributed by atoms with Crippen LogP contribution in [0.1, 0.15) is 62.3 Å². The van der Waals surface area contributed by atoms with Crippen molar-refractivity contribution in [2.24, 2.45) is 0 Å². The Kier molecular flexibility index (Phi) is 4.41. The fourth-order valence-electron chi connectivity index (χ4n) is 3.47. The predicted octanol–water partition coefficient (Wildman–Crippen LogP) is 4.29. The van der Waals surface area contributed by atoms with E-state index in [1.54, 1.807) is 18.9 Å². The molecule has 6 heteroatoms. The SMILES string of the molecule is Cc1ccc2nc(C3CC3)cc(C(=O)N(C)Cc3cc(C(=O)O)c(C)o3)c2c1. The molecule has 1 fully saturated rings. The number of carboxylic acids is 1. The number of aromatic nitrogens is 1. The highest BCUT2D eigenvalue weighted by atomic mass is 16.4. The van der Waals surface area contributed by atoms with Crippen LogP contribution in [0.5, 0.6) is 0 Å². The molecule has 0 unspecified atom stereocenters. The molecule has 0 spiro atoms. The molecule has 1 aliphatic rings. The molecule has 4 rings (SSSR count). The number of carbonyl (C=O) groups excluding carboxylic acids is 1. The fourth-order valence-corrected chi connectivity index (χ4v) is 3.47. The van der Waals surface area contributed by atoms with Crippen LogP contribution in [0.25, 0.3) is 10.9 Å². The molecule has 1 amide bonds. The van der Waals surface area contributed by atoms with Gasteiger partial charge in [-0.05, 0) is 51.0 Å². The highest BCUT2D eigenvalue weighted by molar-refractivity contribution is 6.06. The molecular formula is C22H22N2O4. The van der Waals surface area contributed by atoms with Crippen molar-refractivity contribution in [2.45, 2.75) is 39.2 Å². The molecule has 6 nitrogen and oxygen atoms in total. The minimum absolute atomic E-state index is 0.122. The number of aromatic carboxylic acids is 1. The van der Waals surface area contributed by atoms with Gasteiger partial charge < -0.3 is 14.4 Å². The Morgan fingerprint density at radius 2 is 1.93 bits per heavy atom. The van der Waals surface area contributed by atoms with Crippen molar-refractivity contribution < 1.29 is 19.1 Å². The van der Waals surface area contributed by atoms with Crippen LogP contribution >= 0.6 is 0 Å². The summed E-state index contributed by atoms with van der Waals surface area (Å²) in [6.07, 6.45) is 2.22. The molecule has 144 valence electrons. The van der Waals surface area contributed by atoms with Crippen molar-refractivity contribution in [1.82, 2.24) is 9.88 Å². The number of pyridine rings is 1. The molecule has 2 heterocycles. The highest BCUT2D eigenvalue weighted by Crippen LogP contribution is 2.40. The summed E-state index contributed by atoms with van der Waals surface area (Å²) in [6, 6.07) is 9.34. The van der Waals surface area contributed by atoms with Crippen LogP contribution in [0.2, 0.25) is 0 Å². The second-order valence-electron chi connectivity index (χ2n) is 7.54. The van der Waals surface area contributed by atoms with E-state index in [0.29, 0.717) is 23.0 Å². The Morgan fingerprint density at radius 3 is 2.57 bits per heavy atom. The van der Waals surface area contributed by atoms with Crippen LogP contribution in [-0.2, 0) is 6.54 Å². The Bertz CT molecular complexity index is 1100. The van der Waals surface area contributed by atoms with Gasteiger partial charge in [-0.1, -0.05) is 11.6 Å². The lowest BCUT2D eigenvalue weighted by molar-refractivity contribution is 0.0694. The van der Waals surface area contributed by atoms with Crippen molar-refractivity contribution in [2.75, 3.05) is 7.05 Å². The normalized spacial score (nSPS) is 13.7. The van der Waals surface area contributed by atoms with Crippen molar-refractivity contribution >= 4 is 22.8 Å². The summed E-state index contributed by atoms with van der Waals surface area (Å²) in [5, 5.41) is 10.0. The molecule has 0 saturated heterocycles. The molecule has 0 atom stereocenters. The fraction of sp³-hybridized carbons (Fsp3) is 0.318. The van der Waals surface area contributed by atoms with Gasteiger partial charge in [0.05, 0.1) is 17.6 Å². The molecule has 0 bridgehead atoms. The predicted molar refractivity (Wildman–Crippen MR) is 105 cm³/mol. The highest BCUT2D eigenvalue weighted by Gasteiger charge is 2.28. The number of amides is 1. The summed E-state index contributed by atoms with van der Waals surface area (Å²) in [5.41, 5.74) is 3.61. The minimum Gasteiger partial charge on any atom is -0.478 e. The maximum atomic E-state index is 13.2. The van der Waals surface area contributed by atoms with Crippen molar-refractivity contribution in [3.05, 3.63) is 64.2 Å². The van der Waals surface area contributed by atoms with Gasteiger partial charge in [0, 0.05) is 24.0 Å². The first kappa shape index (κ1) is 18.2. The second kappa shape index (κ2) is 6.78. The van der Waals surface area contributed by atoms with Gasteiger partial charge in [0.15, 0.2) is 0 Å². The molecular weight excluding hydrogens is 356 g/mol. The molecule has 1 aliphatic carbocycles. The van der Waals surface area contributed by atoms with E-state index in [2.05, 4.69) is 0 Å². The number of aryl methyl sites for hydroxylation is 2. The van der Waals surface area contributed by atoms with Crippen LogP contribution in [-0.4, -0.2) is 33.9 Å². The summed E-state index contributed by atoms with van der Waals surface area (Å²) in [6.45, 7) is 3.79. The first-order valence-corrected chi connectivity index (χ1v) is 9.33. The van der Waals surface area contributed by atoms with E-state index in [4.69, 9.17) is 9.40 Å². The van der Waals surface area contributed by atoms with E-state index in [1.807, 2.05) is 31.2 Å². The van der Waals surface area contributed by atoms with Gasteiger partial charge in [0.25, 0.3) is 5.91 Å². The number of rotatable bonds is 5. The van der Waals surface area contributed by atoms with Crippen molar-refractivity contribution in [3.8, 4) is 0 Å². The first-order valence-electron chi connectivity index (χ1n) is 9.33. The molecule has 1 aromatic carbocycles. The zero-order chi connectivity index (χ0) is 20.0. The summed E-state index contributed by atoms with van der Waals surface area (Å²) in [5.74, 6) is 0.0532. The standard InChI is InChI=1S/C22H22N2O4/c1-12-4-7-19-17(8-12)18(10-20(23-19)14-5-6-14)21(25)24(3)11-15-9-16(22(26)27)13(2)28-15/h4,7-10,14H,5-6,11H2,1-3H3,(H,26,27). The Morgan fingerprint density at radius 1 is 1.18 bits per heavy atom. The molecule has 3 aromatic rings. The van der Waals surface area contributed by atoms with Crippen LogP contribution in [0, 0.1) is 13.8 Å². The summed E-state index contributed by atoms with van der Waals surface area (Å²) >= 11 is 0. The van der Waals surface area contributed by atoms with Gasteiger partial charge in [0.2, 0.25) is 0 Å². The first-order chi connectivity index (χ1) is 13.3. The van der Waals surface area contributed by atoms with E-state index >= 15 is 0 Å².